The van der Waals surface area contributed by atoms with E-state index in [9.17, 15) is 22.4 Å². The van der Waals surface area contributed by atoms with Crippen molar-refractivity contribution < 1.29 is 31.8 Å². The zero-order valence-corrected chi connectivity index (χ0v) is 15.2. The molecule has 1 amide bonds. The van der Waals surface area contributed by atoms with Crippen molar-refractivity contribution in [1.82, 2.24) is 15.1 Å². The number of para-hydroxylation sites is 1. The molecule has 152 valence electrons. The fourth-order valence-corrected chi connectivity index (χ4v) is 2.75. The van der Waals surface area contributed by atoms with Crippen LogP contribution >= 0.6 is 0 Å². The highest BCUT2D eigenvalue weighted by Gasteiger charge is 2.44. The Labute approximate surface area is 158 Å². The highest BCUT2D eigenvalue weighted by molar-refractivity contribution is 5.92. The van der Waals surface area contributed by atoms with Crippen molar-refractivity contribution in [2.24, 2.45) is 7.05 Å². The van der Waals surface area contributed by atoms with E-state index in [1.54, 1.807) is 13.1 Å². The average molecular weight is 401 g/mol. The van der Waals surface area contributed by atoms with E-state index >= 15 is 0 Å². The minimum Gasteiger partial charge on any atom is -0.492 e. The number of aromatic nitrogens is 2. The molecule has 10 heteroatoms. The van der Waals surface area contributed by atoms with Gasteiger partial charge in [-0.15, -0.1) is 0 Å². The van der Waals surface area contributed by atoms with E-state index in [2.05, 4.69) is 15.2 Å². The van der Waals surface area contributed by atoms with Gasteiger partial charge in [0.25, 0.3) is 5.91 Å². The lowest BCUT2D eigenvalue weighted by Crippen LogP contribution is -2.33. The monoisotopic (exact) mass is 401 g/mol. The summed E-state index contributed by atoms with van der Waals surface area (Å²) in [6, 6.07) is 5.65. The van der Waals surface area contributed by atoms with E-state index in [0.29, 0.717) is 17.2 Å². The number of carbonyl (C=O) groups is 1. The second-order valence-corrected chi connectivity index (χ2v) is 6.45. The molecule has 1 fully saturated rings. The van der Waals surface area contributed by atoms with Gasteiger partial charge in [-0.3, -0.25) is 9.48 Å². The van der Waals surface area contributed by atoms with Crippen LogP contribution in [0.2, 0.25) is 0 Å². The molecule has 0 bridgehead atoms. The molecule has 1 aliphatic carbocycles. The zero-order valence-electron chi connectivity index (χ0n) is 15.2. The summed E-state index contributed by atoms with van der Waals surface area (Å²) in [6.07, 6.45) is -6.56. The maximum absolute atomic E-state index is 13.2. The van der Waals surface area contributed by atoms with Crippen LogP contribution in [0, 0.1) is 0 Å². The van der Waals surface area contributed by atoms with Gasteiger partial charge in [0.1, 0.15) is 5.69 Å². The Hall–Kier alpha value is -2.78. The van der Waals surface area contributed by atoms with Gasteiger partial charge in [0, 0.05) is 25.1 Å². The van der Waals surface area contributed by atoms with Gasteiger partial charge in [0.05, 0.1) is 12.8 Å². The molecule has 6 nitrogen and oxygen atoms in total. The summed E-state index contributed by atoms with van der Waals surface area (Å²) in [5, 5.41) is 6.96. The van der Waals surface area contributed by atoms with E-state index < -0.39 is 24.2 Å². The highest BCUT2D eigenvalue weighted by atomic mass is 19.3. The van der Waals surface area contributed by atoms with E-state index in [0.717, 1.165) is 24.6 Å². The van der Waals surface area contributed by atoms with Gasteiger partial charge >= 0.3 is 12.5 Å². The fraction of sp³-hybridized carbons (Fsp3) is 0.444. The lowest BCUT2D eigenvalue weighted by atomic mass is 10.1. The molecule has 0 spiro atoms. The van der Waals surface area contributed by atoms with Gasteiger partial charge in [0.15, 0.2) is 11.5 Å². The first-order chi connectivity index (χ1) is 13.2. The number of nitrogens with one attached hydrogen (secondary N) is 1. The molecule has 1 aromatic heterocycles. The van der Waals surface area contributed by atoms with E-state index in [1.807, 2.05) is 0 Å². The third-order valence-corrected chi connectivity index (χ3v) is 4.33. The van der Waals surface area contributed by atoms with Gasteiger partial charge in [-0.2, -0.15) is 22.7 Å². The van der Waals surface area contributed by atoms with Crippen molar-refractivity contribution in [2.45, 2.75) is 37.8 Å². The van der Waals surface area contributed by atoms with Crippen LogP contribution in [0.5, 0.6) is 11.5 Å². The summed E-state index contributed by atoms with van der Waals surface area (Å²) < 4.78 is 61.9. The number of amides is 1. The Bertz CT molecular complexity index is 866. The van der Waals surface area contributed by atoms with Crippen LogP contribution in [0.3, 0.4) is 0 Å². The first kappa shape index (κ1) is 20.0. The number of hydrogen-bond donors (Lipinski definition) is 1. The van der Waals surface area contributed by atoms with Crippen LogP contribution in [0.15, 0.2) is 24.3 Å². The molecule has 1 saturated carbocycles. The Morgan fingerprint density at radius 1 is 1.39 bits per heavy atom. The Morgan fingerprint density at radius 3 is 2.71 bits per heavy atom. The van der Waals surface area contributed by atoms with Gasteiger partial charge in [-0.1, -0.05) is 12.1 Å². The molecule has 1 N–H and O–H groups in total. The summed E-state index contributed by atoms with van der Waals surface area (Å²) >= 11 is 0. The highest BCUT2D eigenvalue weighted by Crippen LogP contribution is 2.39. The van der Waals surface area contributed by atoms with Crippen LogP contribution in [-0.2, 0) is 13.6 Å². The molecule has 2 aromatic rings. The minimum absolute atomic E-state index is 0.0800. The molecular formula is C18H19F4N3O3. The van der Waals surface area contributed by atoms with Crippen LogP contribution in [0.4, 0.5) is 17.6 Å². The maximum atomic E-state index is 13.2. The Balaban J connectivity index is 1.73. The largest absolute Gasteiger partial charge is 0.492 e. The van der Waals surface area contributed by atoms with Crippen LogP contribution < -0.4 is 14.8 Å². The minimum atomic E-state index is -4.66. The Kier molecular flexibility index (Phi) is 5.48. The van der Waals surface area contributed by atoms with E-state index in [1.165, 1.54) is 23.9 Å². The van der Waals surface area contributed by atoms with Gasteiger partial charge in [0.2, 0.25) is 0 Å². The lowest BCUT2D eigenvalue weighted by Gasteiger charge is -2.20. The van der Waals surface area contributed by atoms with Crippen molar-refractivity contribution >= 4 is 5.91 Å². The zero-order chi connectivity index (χ0) is 20.5. The van der Waals surface area contributed by atoms with Crippen molar-refractivity contribution in [1.29, 1.82) is 0 Å². The number of aryl methyl sites for hydroxylation is 1. The van der Waals surface area contributed by atoms with E-state index in [-0.39, 0.29) is 12.3 Å². The molecule has 1 aliphatic rings. The summed E-state index contributed by atoms with van der Waals surface area (Å²) in [6.45, 7) is -0.0800. The van der Waals surface area contributed by atoms with Gasteiger partial charge in [-0.05, 0) is 25.0 Å². The number of hydrogen-bond acceptors (Lipinski definition) is 4. The molecule has 1 aromatic carbocycles. The molecule has 28 heavy (non-hydrogen) atoms. The third-order valence-electron chi connectivity index (χ3n) is 4.33. The van der Waals surface area contributed by atoms with Gasteiger partial charge < -0.3 is 14.8 Å². The first-order valence-corrected chi connectivity index (χ1v) is 8.56. The second kappa shape index (κ2) is 7.69. The van der Waals surface area contributed by atoms with Crippen molar-refractivity contribution in [3.63, 3.8) is 0 Å². The van der Waals surface area contributed by atoms with Crippen molar-refractivity contribution in [3.05, 3.63) is 41.2 Å². The third kappa shape index (κ3) is 4.20. The number of ether oxygens (including phenoxy) is 2. The number of halogens is 4. The maximum Gasteiger partial charge on any atom is 0.461 e. The number of alkyl halides is 4. The molecule has 1 heterocycles. The topological polar surface area (TPSA) is 65.4 Å². The summed E-state index contributed by atoms with van der Waals surface area (Å²) in [7, 11) is 2.85. The number of benzene rings is 1. The van der Waals surface area contributed by atoms with Crippen molar-refractivity contribution in [3.8, 4) is 11.5 Å². The second-order valence-electron chi connectivity index (χ2n) is 6.45. The average Bonchev–Trinajstić information content (AvgIpc) is 3.41. The number of rotatable bonds is 8. The quantitative estimate of drug-likeness (QED) is 0.688. The SMILES string of the molecule is COc1c(CNC(=O)c2cc(C3CC3)nn2C)cccc1OC(F)(F)C(F)F. The number of carbonyl (C=O) groups excluding carboxylic acids is 1. The molecule has 0 aliphatic heterocycles. The van der Waals surface area contributed by atoms with Crippen LogP contribution in [0.1, 0.15) is 40.5 Å². The van der Waals surface area contributed by atoms with Crippen LogP contribution in [-0.4, -0.2) is 35.3 Å². The standard InChI is InChI=1S/C18H19F4N3O3/c1-25-13(8-12(24-25)10-6-7-10)16(26)23-9-11-4-3-5-14(15(11)27-2)28-18(21,22)17(19)20/h3-5,8,10,17H,6-7,9H2,1-2H3,(H,23,26). The normalized spacial score (nSPS) is 14.2. The molecule has 0 radical (unpaired) electrons. The number of methoxy groups -OCH3 is 1. The van der Waals surface area contributed by atoms with E-state index in [4.69, 9.17) is 4.74 Å². The molecule has 0 atom stereocenters. The summed E-state index contributed by atoms with van der Waals surface area (Å²) in [5.74, 6) is -0.728. The predicted octanol–water partition coefficient (Wildman–Crippen LogP) is 3.47. The molecule has 0 saturated heterocycles. The Morgan fingerprint density at radius 2 is 2.11 bits per heavy atom. The predicted molar refractivity (Wildman–Crippen MR) is 90.9 cm³/mol. The molecular weight excluding hydrogens is 382 g/mol. The van der Waals surface area contributed by atoms with Gasteiger partial charge in [-0.25, -0.2) is 0 Å². The summed E-state index contributed by atoms with van der Waals surface area (Å²) in [5.41, 5.74) is 1.51. The van der Waals surface area contributed by atoms with Crippen molar-refractivity contribution in [2.75, 3.05) is 7.11 Å². The smallest absolute Gasteiger partial charge is 0.461 e. The fourth-order valence-electron chi connectivity index (χ4n) is 2.75. The van der Waals surface area contributed by atoms with Crippen LogP contribution in [0.25, 0.3) is 0 Å². The lowest BCUT2D eigenvalue weighted by molar-refractivity contribution is -0.253. The molecule has 3 rings (SSSR count). The first-order valence-electron chi connectivity index (χ1n) is 8.56. The summed E-state index contributed by atoms with van der Waals surface area (Å²) in [4.78, 5) is 12.4. The number of nitrogens with zero attached hydrogens (tertiary/aromatic N) is 2. The molecule has 0 unspecified atom stereocenters.